The maximum absolute atomic E-state index is 13.5. The number of hydrogen-bond donors (Lipinski definition) is 1. The summed E-state index contributed by atoms with van der Waals surface area (Å²) in [5, 5.41) is 0. The number of nitrogens with two attached hydrogens (primary N) is 1. The molecule has 0 aromatic heterocycles. The van der Waals surface area contributed by atoms with Gasteiger partial charge in [0.05, 0.1) is 4.47 Å². The fourth-order valence-electron chi connectivity index (χ4n) is 1.58. The summed E-state index contributed by atoms with van der Waals surface area (Å²) in [6.07, 6.45) is 2.94. The van der Waals surface area contributed by atoms with Crippen molar-refractivity contribution in [3.63, 3.8) is 0 Å². The maximum Gasteiger partial charge on any atom is 0.143 e. The van der Waals surface area contributed by atoms with Gasteiger partial charge in [0.2, 0.25) is 0 Å². The Labute approximate surface area is 95.8 Å². The monoisotopic (exact) mass is 275 g/mol. The molecule has 0 heterocycles. The molecule has 0 radical (unpaired) electrons. The summed E-state index contributed by atoms with van der Waals surface area (Å²) in [5.74, 6) is -0.987. The SMILES string of the molecule is NC1(CCc2c(F)ccc(Br)c2F)CC1. The zero-order valence-corrected chi connectivity index (χ0v) is 9.78. The molecule has 82 valence electrons. The summed E-state index contributed by atoms with van der Waals surface area (Å²) >= 11 is 3.04. The Bertz CT molecular complexity index is 388. The van der Waals surface area contributed by atoms with Gasteiger partial charge in [0.1, 0.15) is 11.6 Å². The van der Waals surface area contributed by atoms with Crippen molar-refractivity contribution in [2.45, 2.75) is 31.2 Å². The van der Waals surface area contributed by atoms with E-state index in [-0.39, 0.29) is 11.1 Å². The Morgan fingerprint density at radius 1 is 1.33 bits per heavy atom. The maximum atomic E-state index is 13.5. The van der Waals surface area contributed by atoms with Gasteiger partial charge in [-0.1, -0.05) is 0 Å². The van der Waals surface area contributed by atoms with Crippen LogP contribution in [0.3, 0.4) is 0 Å². The van der Waals surface area contributed by atoms with Crippen molar-refractivity contribution < 1.29 is 8.78 Å². The first-order valence-electron chi connectivity index (χ1n) is 4.93. The van der Waals surface area contributed by atoms with Gasteiger partial charge in [0, 0.05) is 11.1 Å². The van der Waals surface area contributed by atoms with Crippen LogP contribution in [0.15, 0.2) is 16.6 Å². The molecule has 2 N–H and O–H groups in total. The van der Waals surface area contributed by atoms with E-state index in [0.717, 1.165) is 12.8 Å². The van der Waals surface area contributed by atoms with Gasteiger partial charge in [-0.25, -0.2) is 8.78 Å². The molecule has 0 spiro atoms. The van der Waals surface area contributed by atoms with Crippen LogP contribution >= 0.6 is 15.9 Å². The van der Waals surface area contributed by atoms with E-state index < -0.39 is 11.6 Å². The quantitative estimate of drug-likeness (QED) is 0.843. The smallest absolute Gasteiger partial charge is 0.143 e. The van der Waals surface area contributed by atoms with Crippen LogP contribution in [0.25, 0.3) is 0 Å². The number of hydrogen-bond acceptors (Lipinski definition) is 1. The molecule has 0 amide bonds. The Balaban J connectivity index is 2.16. The van der Waals surface area contributed by atoms with E-state index in [9.17, 15) is 8.78 Å². The van der Waals surface area contributed by atoms with Gasteiger partial charge in [-0.2, -0.15) is 0 Å². The summed E-state index contributed by atoms with van der Waals surface area (Å²) in [6, 6.07) is 2.65. The van der Waals surface area contributed by atoms with Gasteiger partial charge in [0.25, 0.3) is 0 Å². The van der Waals surface area contributed by atoms with Gasteiger partial charge < -0.3 is 5.73 Å². The third-order valence-electron chi connectivity index (χ3n) is 2.90. The lowest BCUT2D eigenvalue weighted by molar-refractivity contribution is 0.526. The predicted octanol–water partition coefficient (Wildman–Crippen LogP) is 3.15. The van der Waals surface area contributed by atoms with E-state index in [1.807, 2.05) is 0 Å². The van der Waals surface area contributed by atoms with E-state index in [2.05, 4.69) is 15.9 Å². The standard InChI is InChI=1S/C11H12BrF2N/c12-8-1-2-9(13)7(10(8)14)3-4-11(15)5-6-11/h1-2H,3-6,15H2. The van der Waals surface area contributed by atoms with E-state index in [0.29, 0.717) is 17.3 Å². The molecule has 1 saturated carbocycles. The first-order valence-corrected chi connectivity index (χ1v) is 5.72. The minimum Gasteiger partial charge on any atom is -0.325 e. The highest BCUT2D eigenvalue weighted by Gasteiger charge is 2.37. The number of rotatable bonds is 3. The minimum atomic E-state index is -0.501. The van der Waals surface area contributed by atoms with Gasteiger partial charge in [0.15, 0.2) is 0 Å². The summed E-state index contributed by atoms with van der Waals surface area (Å²) in [7, 11) is 0. The van der Waals surface area contributed by atoms with Crippen molar-refractivity contribution in [2.24, 2.45) is 5.73 Å². The second kappa shape index (κ2) is 3.83. The highest BCUT2D eigenvalue weighted by molar-refractivity contribution is 9.10. The third kappa shape index (κ3) is 2.37. The van der Waals surface area contributed by atoms with Crippen LogP contribution in [-0.4, -0.2) is 5.54 Å². The highest BCUT2D eigenvalue weighted by atomic mass is 79.9. The van der Waals surface area contributed by atoms with Gasteiger partial charge in [-0.3, -0.25) is 0 Å². The van der Waals surface area contributed by atoms with E-state index in [4.69, 9.17) is 5.73 Å². The molecule has 0 saturated heterocycles. The molecule has 1 aromatic carbocycles. The average molecular weight is 276 g/mol. The lowest BCUT2D eigenvalue weighted by Crippen LogP contribution is -2.22. The normalized spacial score (nSPS) is 17.9. The van der Waals surface area contributed by atoms with Crippen LogP contribution in [0.1, 0.15) is 24.8 Å². The van der Waals surface area contributed by atoms with Crippen LogP contribution in [0.4, 0.5) is 8.78 Å². The molecule has 0 unspecified atom stereocenters. The summed E-state index contributed by atoms with van der Waals surface area (Å²) in [4.78, 5) is 0. The highest BCUT2D eigenvalue weighted by Crippen LogP contribution is 2.37. The Kier molecular flexibility index (Phi) is 2.81. The Hall–Kier alpha value is -0.480. The van der Waals surface area contributed by atoms with Gasteiger partial charge in [-0.15, -0.1) is 0 Å². The molecule has 1 aliphatic carbocycles. The minimum absolute atomic E-state index is 0.140. The van der Waals surface area contributed by atoms with Crippen LogP contribution in [-0.2, 0) is 6.42 Å². The summed E-state index contributed by atoms with van der Waals surface area (Å²) in [6.45, 7) is 0. The Morgan fingerprint density at radius 2 is 2.00 bits per heavy atom. The molecule has 0 bridgehead atoms. The van der Waals surface area contributed by atoms with Gasteiger partial charge >= 0.3 is 0 Å². The number of halogens is 3. The van der Waals surface area contributed by atoms with E-state index >= 15 is 0 Å². The molecule has 15 heavy (non-hydrogen) atoms. The third-order valence-corrected chi connectivity index (χ3v) is 3.52. The molecule has 0 atom stereocenters. The lowest BCUT2D eigenvalue weighted by atomic mass is 10.0. The summed E-state index contributed by atoms with van der Waals surface area (Å²) in [5.41, 5.74) is 5.85. The van der Waals surface area contributed by atoms with Crippen molar-refractivity contribution in [1.82, 2.24) is 0 Å². The van der Waals surface area contributed by atoms with Crippen LogP contribution in [0.5, 0.6) is 0 Å². The molecule has 1 aromatic rings. The van der Waals surface area contributed by atoms with Crippen molar-refractivity contribution in [3.8, 4) is 0 Å². The van der Waals surface area contributed by atoms with Crippen LogP contribution in [0.2, 0.25) is 0 Å². The summed E-state index contributed by atoms with van der Waals surface area (Å²) < 4.78 is 27.2. The lowest BCUT2D eigenvalue weighted by Gasteiger charge is -2.10. The molecular weight excluding hydrogens is 264 g/mol. The van der Waals surface area contributed by atoms with Crippen molar-refractivity contribution in [3.05, 3.63) is 33.8 Å². The van der Waals surface area contributed by atoms with Crippen molar-refractivity contribution >= 4 is 15.9 Å². The largest absolute Gasteiger partial charge is 0.325 e. The second-order valence-corrected chi connectivity index (χ2v) is 5.04. The van der Waals surface area contributed by atoms with Gasteiger partial charge in [-0.05, 0) is 53.7 Å². The van der Waals surface area contributed by atoms with Crippen molar-refractivity contribution in [2.75, 3.05) is 0 Å². The zero-order chi connectivity index (χ0) is 11.1. The molecular formula is C11H12BrF2N. The fraction of sp³-hybridized carbons (Fsp3) is 0.455. The Morgan fingerprint density at radius 3 is 2.60 bits per heavy atom. The van der Waals surface area contributed by atoms with E-state index in [1.54, 1.807) is 0 Å². The molecule has 0 aliphatic heterocycles. The topological polar surface area (TPSA) is 26.0 Å². The molecule has 4 heteroatoms. The predicted molar refractivity (Wildman–Crippen MR) is 58.5 cm³/mol. The number of benzene rings is 1. The van der Waals surface area contributed by atoms with Crippen LogP contribution in [0, 0.1) is 11.6 Å². The molecule has 1 aliphatic rings. The molecule has 1 fully saturated rings. The van der Waals surface area contributed by atoms with Crippen molar-refractivity contribution in [1.29, 1.82) is 0 Å². The molecule has 2 rings (SSSR count). The average Bonchev–Trinajstić information content (AvgIpc) is 2.91. The second-order valence-electron chi connectivity index (χ2n) is 4.18. The van der Waals surface area contributed by atoms with E-state index in [1.165, 1.54) is 12.1 Å². The first kappa shape index (κ1) is 11.0. The zero-order valence-electron chi connectivity index (χ0n) is 8.19. The fourth-order valence-corrected chi connectivity index (χ4v) is 1.95. The van der Waals surface area contributed by atoms with Crippen LogP contribution < -0.4 is 5.73 Å². The first-order chi connectivity index (χ1) is 7.02. The molecule has 1 nitrogen and oxygen atoms in total.